The topological polar surface area (TPSA) is 68.5 Å². The van der Waals surface area contributed by atoms with Crippen LogP contribution in [0.25, 0.3) is 11.0 Å². The van der Waals surface area contributed by atoms with Gasteiger partial charge in [0.25, 0.3) is 5.91 Å². The maximum Gasteiger partial charge on any atom is 0.387 e. The van der Waals surface area contributed by atoms with Gasteiger partial charge >= 0.3 is 6.61 Å². The zero-order chi connectivity index (χ0) is 21.8. The van der Waals surface area contributed by atoms with E-state index in [1.807, 2.05) is 30.3 Å². The number of amides is 1. The number of hydrogen-bond donors (Lipinski definition) is 1. The third-order valence-electron chi connectivity index (χ3n) is 4.63. The fourth-order valence-corrected chi connectivity index (χ4v) is 3.23. The third kappa shape index (κ3) is 4.78. The molecule has 0 fully saturated rings. The molecular formula is C24H17F2NO4. The lowest BCUT2D eigenvalue weighted by Crippen LogP contribution is -2.15. The van der Waals surface area contributed by atoms with Crippen LogP contribution in [0.1, 0.15) is 21.7 Å². The summed E-state index contributed by atoms with van der Waals surface area (Å²) in [5, 5.41) is 3.02. The van der Waals surface area contributed by atoms with Crippen LogP contribution in [0.5, 0.6) is 5.75 Å². The van der Waals surface area contributed by atoms with Crippen molar-refractivity contribution in [2.24, 2.45) is 0 Å². The summed E-state index contributed by atoms with van der Waals surface area (Å²) >= 11 is 0. The zero-order valence-corrected chi connectivity index (χ0v) is 16.2. The molecule has 0 aliphatic carbocycles. The van der Waals surface area contributed by atoms with E-state index in [1.54, 1.807) is 30.3 Å². The summed E-state index contributed by atoms with van der Waals surface area (Å²) in [7, 11) is 0. The first-order valence-electron chi connectivity index (χ1n) is 9.45. The lowest BCUT2D eigenvalue weighted by atomic mass is 10.0. The lowest BCUT2D eigenvalue weighted by Gasteiger charge is -2.13. The molecule has 7 heteroatoms. The molecule has 31 heavy (non-hydrogen) atoms. The van der Waals surface area contributed by atoms with Crippen molar-refractivity contribution in [1.29, 1.82) is 0 Å². The van der Waals surface area contributed by atoms with Crippen LogP contribution in [0.4, 0.5) is 14.5 Å². The molecule has 0 spiro atoms. The first-order valence-corrected chi connectivity index (χ1v) is 9.45. The Balaban J connectivity index is 1.62. The molecule has 5 nitrogen and oxygen atoms in total. The molecule has 4 aromatic rings. The summed E-state index contributed by atoms with van der Waals surface area (Å²) in [6.07, 6.45) is 0.331. The molecule has 0 bridgehead atoms. The highest BCUT2D eigenvalue weighted by Gasteiger charge is 2.15. The number of para-hydroxylation sites is 1. The smallest absolute Gasteiger partial charge is 0.387 e. The summed E-state index contributed by atoms with van der Waals surface area (Å²) < 4.78 is 35.8. The van der Waals surface area contributed by atoms with Gasteiger partial charge in [-0.05, 0) is 35.9 Å². The highest BCUT2D eigenvalue weighted by atomic mass is 19.3. The van der Waals surface area contributed by atoms with Gasteiger partial charge in [0.1, 0.15) is 11.3 Å². The Bertz CT molecular complexity index is 1290. The van der Waals surface area contributed by atoms with Gasteiger partial charge < -0.3 is 14.5 Å². The maximum atomic E-state index is 12.8. The number of halogens is 2. The quantitative estimate of drug-likeness (QED) is 0.462. The number of hydrogen-bond acceptors (Lipinski definition) is 4. The van der Waals surface area contributed by atoms with Crippen LogP contribution >= 0.6 is 0 Å². The molecule has 0 unspecified atom stereocenters. The Hall–Kier alpha value is -4.00. The number of carbonyl (C=O) groups excluding carboxylic acids is 1. The van der Waals surface area contributed by atoms with E-state index in [0.717, 1.165) is 11.6 Å². The minimum Gasteiger partial charge on any atom is -0.451 e. The standard InChI is InChI=1S/C24H17F2NO4/c25-24(26)31-20-11-10-17(13-16(20)12-15-6-2-1-3-7-15)27-23(29)22-14-19(28)18-8-4-5-9-21(18)30-22/h1-11,13-14,24H,12H2,(H,27,29). The first-order chi connectivity index (χ1) is 15.0. The third-order valence-corrected chi connectivity index (χ3v) is 4.63. The first kappa shape index (κ1) is 20.3. The Labute approximate surface area is 175 Å². The summed E-state index contributed by atoms with van der Waals surface area (Å²) in [6.45, 7) is -2.97. The van der Waals surface area contributed by atoms with Crippen LogP contribution in [0.15, 0.2) is 88.1 Å². The second-order valence-electron chi connectivity index (χ2n) is 6.79. The summed E-state index contributed by atoms with van der Waals surface area (Å²) in [5.41, 5.74) is 1.69. The minimum absolute atomic E-state index is 0.0223. The lowest BCUT2D eigenvalue weighted by molar-refractivity contribution is -0.0503. The SMILES string of the molecule is O=C(Nc1ccc(OC(F)F)c(Cc2ccccc2)c1)c1cc(=O)c2ccccc2o1. The number of benzene rings is 3. The van der Waals surface area contributed by atoms with E-state index in [9.17, 15) is 18.4 Å². The zero-order valence-electron chi connectivity index (χ0n) is 16.2. The van der Waals surface area contributed by atoms with Gasteiger partial charge in [0.2, 0.25) is 0 Å². The summed E-state index contributed by atoms with van der Waals surface area (Å²) in [5.74, 6) is -0.758. The second kappa shape index (κ2) is 8.79. The van der Waals surface area contributed by atoms with E-state index < -0.39 is 12.5 Å². The molecule has 3 aromatic carbocycles. The van der Waals surface area contributed by atoms with Crippen LogP contribution in [0.3, 0.4) is 0 Å². The van der Waals surface area contributed by atoms with E-state index in [0.29, 0.717) is 28.6 Å². The Kier molecular flexibility index (Phi) is 5.75. The average molecular weight is 421 g/mol. The fourth-order valence-electron chi connectivity index (χ4n) is 3.23. The van der Waals surface area contributed by atoms with Crippen LogP contribution in [0.2, 0.25) is 0 Å². The number of nitrogens with one attached hydrogen (secondary N) is 1. The molecule has 156 valence electrons. The number of ether oxygens (including phenoxy) is 1. The molecule has 0 aliphatic rings. The van der Waals surface area contributed by atoms with Crippen molar-refractivity contribution < 1.29 is 22.7 Å². The van der Waals surface area contributed by atoms with E-state index in [1.165, 1.54) is 12.1 Å². The molecule has 1 amide bonds. The number of alkyl halides is 2. The highest BCUT2D eigenvalue weighted by molar-refractivity contribution is 6.03. The largest absolute Gasteiger partial charge is 0.451 e. The van der Waals surface area contributed by atoms with E-state index in [2.05, 4.69) is 10.1 Å². The van der Waals surface area contributed by atoms with Crippen molar-refractivity contribution in [1.82, 2.24) is 0 Å². The maximum absolute atomic E-state index is 12.8. The minimum atomic E-state index is -2.97. The molecule has 0 radical (unpaired) electrons. The Morgan fingerprint density at radius 1 is 0.968 bits per heavy atom. The number of fused-ring (bicyclic) bond motifs is 1. The Morgan fingerprint density at radius 3 is 2.48 bits per heavy atom. The van der Waals surface area contributed by atoms with Gasteiger partial charge in [-0.2, -0.15) is 8.78 Å². The van der Waals surface area contributed by atoms with Crippen molar-refractivity contribution in [3.63, 3.8) is 0 Å². The Morgan fingerprint density at radius 2 is 1.71 bits per heavy atom. The predicted octanol–water partition coefficient (Wildman–Crippen LogP) is 5.24. The van der Waals surface area contributed by atoms with Gasteiger partial charge in [0.05, 0.1) is 5.39 Å². The molecule has 1 aromatic heterocycles. The van der Waals surface area contributed by atoms with Crippen LogP contribution in [-0.2, 0) is 6.42 Å². The van der Waals surface area contributed by atoms with Crippen LogP contribution in [-0.4, -0.2) is 12.5 Å². The molecule has 0 aliphatic heterocycles. The van der Waals surface area contributed by atoms with Crippen molar-refractivity contribution in [2.45, 2.75) is 13.0 Å². The van der Waals surface area contributed by atoms with Crippen molar-refractivity contribution >= 4 is 22.6 Å². The molecule has 0 atom stereocenters. The molecule has 1 N–H and O–H groups in total. The molecule has 1 heterocycles. The monoisotopic (exact) mass is 421 g/mol. The van der Waals surface area contributed by atoms with E-state index >= 15 is 0 Å². The molecular weight excluding hydrogens is 404 g/mol. The number of rotatable bonds is 6. The van der Waals surface area contributed by atoms with Gasteiger partial charge in [-0.15, -0.1) is 0 Å². The average Bonchev–Trinajstić information content (AvgIpc) is 2.76. The van der Waals surface area contributed by atoms with E-state index in [-0.39, 0.29) is 16.9 Å². The number of anilines is 1. The van der Waals surface area contributed by atoms with Gasteiger partial charge in [0, 0.05) is 23.7 Å². The highest BCUT2D eigenvalue weighted by Crippen LogP contribution is 2.27. The summed E-state index contributed by atoms with van der Waals surface area (Å²) in [6, 6.07) is 21.4. The van der Waals surface area contributed by atoms with Crippen molar-refractivity contribution in [3.05, 3.63) is 106 Å². The fraction of sp³-hybridized carbons (Fsp3) is 0.0833. The van der Waals surface area contributed by atoms with Gasteiger partial charge in [-0.3, -0.25) is 9.59 Å². The molecule has 4 rings (SSSR count). The van der Waals surface area contributed by atoms with Gasteiger partial charge in [-0.25, -0.2) is 0 Å². The van der Waals surface area contributed by atoms with Crippen molar-refractivity contribution in [2.75, 3.05) is 5.32 Å². The molecule has 0 saturated heterocycles. The number of carbonyl (C=O) groups is 1. The van der Waals surface area contributed by atoms with Crippen LogP contribution < -0.4 is 15.5 Å². The van der Waals surface area contributed by atoms with E-state index in [4.69, 9.17) is 4.42 Å². The normalized spacial score (nSPS) is 10.9. The second-order valence-corrected chi connectivity index (χ2v) is 6.79. The van der Waals surface area contributed by atoms with Gasteiger partial charge in [0.15, 0.2) is 11.2 Å². The molecule has 0 saturated carbocycles. The van der Waals surface area contributed by atoms with Gasteiger partial charge in [-0.1, -0.05) is 42.5 Å². The van der Waals surface area contributed by atoms with Crippen LogP contribution in [0, 0.1) is 0 Å². The predicted molar refractivity (Wildman–Crippen MR) is 113 cm³/mol. The summed E-state index contributed by atoms with van der Waals surface area (Å²) in [4.78, 5) is 24.9. The van der Waals surface area contributed by atoms with Crippen molar-refractivity contribution in [3.8, 4) is 5.75 Å².